The molecule has 0 radical (unpaired) electrons. The third-order valence-corrected chi connectivity index (χ3v) is 4.04. The van der Waals surface area contributed by atoms with Crippen molar-refractivity contribution in [2.24, 2.45) is 5.92 Å². The Morgan fingerprint density at radius 1 is 1.39 bits per heavy atom. The molecule has 0 bridgehead atoms. The smallest absolute Gasteiger partial charge is 0.0611 e. The fourth-order valence-corrected chi connectivity index (χ4v) is 3.27. The Morgan fingerprint density at radius 3 is 2.56 bits per heavy atom. The van der Waals surface area contributed by atoms with Crippen LogP contribution in [0.25, 0.3) is 0 Å². The first-order valence-corrected chi connectivity index (χ1v) is 7.49. The standard InChI is InChI=1S/C15H32N2O/c1-12(2)16-15(5,11-18)9-14(4)17-8-6-7-13(3)10-17/h12-14,16,18H,6-11H2,1-5H3. The summed E-state index contributed by atoms with van der Waals surface area (Å²) < 4.78 is 0. The number of hydrogen-bond donors (Lipinski definition) is 2. The minimum absolute atomic E-state index is 0.158. The fourth-order valence-electron chi connectivity index (χ4n) is 3.27. The SMILES string of the molecule is CC1CCCN(C(C)CC(C)(CO)NC(C)C)C1. The highest BCUT2D eigenvalue weighted by Gasteiger charge is 2.30. The van der Waals surface area contributed by atoms with Crippen molar-refractivity contribution in [3.8, 4) is 0 Å². The van der Waals surface area contributed by atoms with Crippen LogP contribution < -0.4 is 5.32 Å². The molecule has 1 saturated heterocycles. The molecule has 0 aromatic heterocycles. The average molecular weight is 256 g/mol. The van der Waals surface area contributed by atoms with Crippen LogP contribution in [0.15, 0.2) is 0 Å². The molecule has 0 saturated carbocycles. The van der Waals surface area contributed by atoms with E-state index in [9.17, 15) is 5.11 Å². The van der Waals surface area contributed by atoms with E-state index in [1.807, 2.05) is 0 Å². The maximum absolute atomic E-state index is 9.65. The van der Waals surface area contributed by atoms with Crippen LogP contribution in [0.2, 0.25) is 0 Å². The van der Waals surface area contributed by atoms with Crippen LogP contribution >= 0.6 is 0 Å². The Bertz CT molecular complexity index is 245. The lowest BCUT2D eigenvalue weighted by Gasteiger charge is -2.40. The van der Waals surface area contributed by atoms with Crippen molar-refractivity contribution >= 4 is 0 Å². The topological polar surface area (TPSA) is 35.5 Å². The normalized spacial score (nSPS) is 27.2. The number of aliphatic hydroxyl groups excluding tert-OH is 1. The highest BCUT2D eigenvalue weighted by Crippen LogP contribution is 2.22. The predicted octanol–water partition coefficient (Wildman–Crippen LogP) is 2.25. The second kappa shape index (κ2) is 6.88. The van der Waals surface area contributed by atoms with Crippen molar-refractivity contribution < 1.29 is 5.11 Å². The molecule has 0 aliphatic carbocycles. The molecular weight excluding hydrogens is 224 g/mol. The molecule has 3 heteroatoms. The third-order valence-electron chi connectivity index (χ3n) is 4.04. The molecule has 1 aliphatic heterocycles. The van der Waals surface area contributed by atoms with Crippen molar-refractivity contribution in [2.45, 2.75) is 71.5 Å². The first-order valence-electron chi connectivity index (χ1n) is 7.49. The second-order valence-corrected chi connectivity index (χ2v) is 6.81. The maximum Gasteiger partial charge on any atom is 0.0611 e. The number of aliphatic hydroxyl groups is 1. The number of nitrogens with zero attached hydrogens (tertiary/aromatic N) is 1. The zero-order chi connectivity index (χ0) is 13.8. The summed E-state index contributed by atoms with van der Waals surface area (Å²) in [5, 5.41) is 13.2. The third kappa shape index (κ3) is 4.87. The Morgan fingerprint density at radius 2 is 2.06 bits per heavy atom. The van der Waals surface area contributed by atoms with Gasteiger partial charge in [0.1, 0.15) is 0 Å². The van der Waals surface area contributed by atoms with Gasteiger partial charge in [0.25, 0.3) is 0 Å². The molecule has 3 unspecified atom stereocenters. The summed E-state index contributed by atoms with van der Waals surface area (Å²) in [5.74, 6) is 0.819. The van der Waals surface area contributed by atoms with Gasteiger partial charge in [0.2, 0.25) is 0 Å². The molecular formula is C15H32N2O. The van der Waals surface area contributed by atoms with Gasteiger partial charge in [-0.25, -0.2) is 0 Å². The lowest BCUT2D eigenvalue weighted by molar-refractivity contribution is 0.0844. The van der Waals surface area contributed by atoms with Gasteiger partial charge in [0, 0.05) is 24.2 Å². The molecule has 108 valence electrons. The van der Waals surface area contributed by atoms with Gasteiger partial charge in [-0.1, -0.05) is 20.8 Å². The monoisotopic (exact) mass is 256 g/mol. The van der Waals surface area contributed by atoms with Crippen molar-refractivity contribution in [2.75, 3.05) is 19.7 Å². The van der Waals surface area contributed by atoms with Crippen molar-refractivity contribution in [1.29, 1.82) is 0 Å². The molecule has 0 amide bonds. The van der Waals surface area contributed by atoms with Gasteiger partial charge >= 0.3 is 0 Å². The Kier molecular flexibility index (Phi) is 6.09. The van der Waals surface area contributed by atoms with Crippen LogP contribution in [-0.4, -0.2) is 47.3 Å². The summed E-state index contributed by atoms with van der Waals surface area (Å²) in [4.78, 5) is 2.59. The van der Waals surface area contributed by atoms with E-state index in [1.54, 1.807) is 0 Å². The van der Waals surface area contributed by atoms with Crippen LogP contribution in [0.3, 0.4) is 0 Å². The quantitative estimate of drug-likeness (QED) is 0.765. The molecule has 1 rings (SSSR count). The van der Waals surface area contributed by atoms with Gasteiger partial charge in [0.15, 0.2) is 0 Å². The summed E-state index contributed by atoms with van der Waals surface area (Å²) in [6.07, 6.45) is 3.69. The van der Waals surface area contributed by atoms with Crippen molar-refractivity contribution in [3.05, 3.63) is 0 Å². The molecule has 2 N–H and O–H groups in total. The van der Waals surface area contributed by atoms with Crippen LogP contribution in [0.1, 0.15) is 53.9 Å². The van der Waals surface area contributed by atoms with Crippen molar-refractivity contribution in [3.63, 3.8) is 0 Å². The summed E-state index contributed by atoms with van der Waals surface area (Å²) in [6, 6.07) is 0.950. The van der Waals surface area contributed by atoms with E-state index in [0.29, 0.717) is 12.1 Å². The van der Waals surface area contributed by atoms with Gasteiger partial charge in [0.05, 0.1) is 6.61 Å². The van der Waals surface area contributed by atoms with Gasteiger partial charge < -0.3 is 15.3 Å². The van der Waals surface area contributed by atoms with E-state index in [1.165, 1.54) is 25.9 Å². The zero-order valence-corrected chi connectivity index (χ0v) is 12.9. The summed E-state index contributed by atoms with van der Waals surface area (Å²) in [7, 11) is 0. The van der Waals surface area contributed by atoms with Gasteiger partial charge in [-0.15, -0.1) is 0 Å². The van der Waals surface area contributed by atoms with E-state index in [2.05, 4.69) is 44.8 Å². The molecule has 3 atom stereocenters. The Hall–Kier alpha value is -0.120. The number of likely N-dealkylation sites (tertiary alicyclic amines) is 1. The molecule has 0 spiro atoms. The second-order valence-electron chi connectivity index (χ2n) is 6.81. The van der Waals surface area contributed by atoms with Crippen LogP contribution in [0.5, 0.6) is 0 Å². The molecule has 0 aromatic rings. The lowest BCUT2D eigenvalue weighted by Crippen LogP contribution is -2.53. The van der Waals surface area contributed by atoms with Gasteiger partial charge in [-0.3, -0.25) is 0 Å². The fraction of sp³-hybridized carbons (Fsp3) is 1.00. The van der Waals surface area contributed by atoms with Crippen LogP contribution in [0.4, 0.5) is 0 Å². The van der Waals surface area contributed by atoms with E-state index in [4.69, 9.17) is 0 Å². The van der Waals surface area contributed by atoms with Gasteiger partial charge in [-0.05, 0) is 45.6 Å². The van der Waals surface area contributed by atoms with E-state index in [0.717, 1.165) is 12.3 Å². The Labute approximate surface area is 113 Å². The minimum atomic E-state index is -0.158. The van der Waals surface area contributed by atoms with E-state index < -0.39 is 0 Å². The van der Waals surface area contributed by atoms with E-state index in [-0.39, 0.29) is 12.1 Å². The lowest BCUT2D eigenvalue weighted by atomic mass is 9.90. The molecule has 0 aromatic carbocycles. The molecule has 1 heterocycles. The summed E-state index contributed by atoms with van der Waals surface area (Å²) in [5.41, 5.74) is -0.158. The molecule has 3 nitrogen and oxygen atoms in total. The number of nitrogens with one attached hydrogen (secondary N) is 1. The maximum atomic E-state index is 9.65. The van der Waals surface area contributed by atoms with Crippen LogP contribution in [0, 0.1) is 5.92 Å². The molecule has 18 heavy (non-hydrogen) atoms. The summed E-state index contributed by atoms with van der Waals surface area (Å²) in [6.45, 7) is 13.7. The number of hydrogen-bond acceptors (Lipinski definition) is 3. The van der Waals surface area contributed by atoms with Crippen LogP contribution in [-0.2, 0) is 0 Å². The number of piperidine rings is 1. The van der Waals surface area contributed by atoms with E-state index >= 15 is 0 Å². The minimum Gasteiger partial charge on any atom is -0.394 e. The molecule has 1 fully saturated rings. The predicted molar refractivity (Wildman–Crippen MR) is 77.8 cm³/mol. The zero-order valence-electron chi connectivity index (χ0n) is 12.9. The highest BCUT2D eigenvalue weighted by molar-refractivity contribution is 4.89. The van der Waals surface area contributed by atoms with Crippen molar-refractivity contribution in [1.82, 2.24) is 10.2 Å². The number of rotatable bonds is 6. The average Bonchev–Trinajstić information content (AvgIpc) is 2.27. The molecule has 1 aliphatic rings. The van der Waals surface area contributed by atoms with Gasteiger partial charge in [-0.2, -0.15) is 0 Å². The first kappa shape index (κ1) is 15.9. The first-order chi connectivity index (χ1) is 8.36. The summed E-state index contributed by atoms with van der Waals surface area (Å²) >= 11 is 0. The Balaban J connectivity index is 2.52. The highest BCUT2D eigenvalue weighted by atomic mass is 16.3. The largest absolute Gasteiger partial charge is 0.394 e.